The highest BCUT2D eigenvalue weighted by Gasteiger charge is 2.19. The van der Waals surface area contributed by atoms with Crippen LogP contribution in [0.3, 0.4) is 0 Å². The maximum atomic E-state index is 12.8. The number of hydrogen-bond acceptors (Lipinski definition) is 6. The Morgan fingerprint density at radius 3 is 0.805 bits per heavy atom. The molecule has 1 atom stereocenters. The Morgan fingerprint density at radius 1 is 0.273 bits per heavy atom. The summed E-state index contributed by atoms with van der Waals surface area (Å²) < 4.78 is 16.8. The van der Waals surface area contributed by atoms with E-state index < -0.39 is 6.10 Å². The lowest BCUT2D eigenvalue weighted by atomic mass is 10.0. The van der Waals surface area contributed by atoms with E-state index in [1.807, 2.05) is 0 Å². The zero-order valence-corrected chi connectivity index (χ0v) is 50.4. The highest BCUT2D eigenvalue weighted by molar-refractivity contribution is 5.71. The Bertz CT molecular complexity index is 1560. The average molecular weight is 1070 g/mol. The number of esters is 3. The van der Waals surface area contributed by atoms with Gasteiger partial charge in [-0.05, 0) is 109 Å². The van der Waals surface area contributed by atoms with Crippen molar-refractivity contribution in [2.45, 2.75) is 309 Å². The summed E-state index contributed by atoms with van der Waals surface area (Å²) in [5, 5.41) is 0. The van der Waals surface area contributed by atoms with Crippen molar-refractivity contribution < 1.29 is 28.6 Å². The molecule has 0 N–H and O–H groups in total. The van der Waals surface area contributed by atoms with Gasteiger partial charge >= 0.3 is 17.9 Å². The smallest absolute Gasteiger partial charge is 0.306 e. The number of carbonyl (C=O) groups is 3. The van der Waals surface area contributed by atoms with Gasteiger partial charge in [-0.15, -0.1) is 0 Å². The van der Waals surface area contributed by atoms with E-state index in [1.165, 1.54) is 148 Å². The molecule has 0 saturated heterocycles. The van der Waals surface area contributed by atoms with E-state index in [2.05, 4.69) is 130 Å². The second-order valence-corrected chi connectivity index (χ2v) is 21.3. The molecular formula is C71H120O6. The van der Waals surface area contributed by atoms with Crippen LogP contribution in [-0.2, 0) is 28.6 Å². The number of hydrogen-bond donors (Lipinski definition) is 0. The zero-order valence-electron chi connectivity index (χ0n) is 50.4. The van der Waals surface area contributed by atoms with Crippen molar-refractivity contribution in [2.24, 2.45) is 0 Å². The third-order valence-electron chi connectivity index (χ3n) is 13.8. The second kappa shape index (κ2) is 64.6. The van der Waals surface area contributed by atoms with Gasteiger partial charge in [-0.2, -0.15) is 0 Å². The van der Waals surface area contributed by atoms with Crippen molar-refractivity contribution in [2.75, 3.05) is 13.2 Å². The molecular weight excluding hydrogens is 949 g/mol. The van der Waals surface area contributed by atoms with Gasteiger partial charge in [0.15, 0.2) is 6.10 Å². The van der Waals surface area contributed by atoms with Gasteiger partial charge in [0.2, 0.25) is 0 Å². The van der Waals surface area contributed by atoms with E-state index >= 15 is 0 Å². The molecule has 6 heteroatoms. The lowest BCUT2D eigenvalue weighted by Crippen LogP contribution is -2.30. The summed E-state index contributed by atoms with van der Waals surface area (Å²) in [4.78, 5) is 37.9. The standard InChI is InChI=1S/C71H120O6/c1-4-7-10-13-15-17-19-21-23-25-27-28-29-30-31-32-33-34-35-36-37-38-39-40-41-42-44-45-47-49-51-53-55-58-61-64-70(73)76-67-68(66-75-69(72)63-60-57-12-9-6-3)77-71(74)65-62-59-56-54-52-50-48-46-43-26-24-22-20-18-16-14-11-8-5-2/h7,10,15,17,21-24,27-28,30-31,33-34,36-37,39-40,68H,4-6,8-9,11-14,16,18-20,25-26,29,32,35,38,41-67H2,1-3H3/b10-7-,17-15-,23-21-,24-22-,28-27-,31-30-,34-33-,37-36-,40-39-. The largest absolute Gasteiger partial charge is 0.462 e. The normalized spacial score (nSPS) is 12.8. The van der Waals surface area contributed by atoms with E-state index in [0.717, 1.165) is 116 Å². The summed E-state index contributed by atoms with van der Waals surface area (Å²) in [5.74, 6) is -0.893. The second-order valence-electron chi connectivity index (χ2n) is 21.3. The average Bonchev–Trinajstić information content (AvgIpc) is 3.43. The van der Waals surface area contributed by atoms with E-state index in [0.29, 0.717) is 19.3 Å². The third-order valence-corrected chi connectivity index (χ3v) is 13.8. The fourth-order valence-corrected chi connectivity index (χ4v) is 8.92. The Kier molecular flexibility index (Phi) is 61.3. The van der Waals surface area contributed by atoms with Crippen LogP contribution in [0, 0.1) is 0 Å². The van der Waals surface area contributed by atoms with Crippen LogP contribution in [0.5, 0.6) is 0 Å². The number of allylic oxidation sites excluding steroid dienone is 18. The molecule has 0 aliphatic rings. The first-order valence-corrected chi connectivity index (χ1v) is 32.4. The molecule has 6 nitrogen and oxygen atoms in total. The van der Waals surface area contributed by atoms with Crippen molar-refractivity contribution in [1.82, 2.24) is 0 Å². The molecule has 440 valence electrons. The van der Waals surface area contributed by atoms with E-state index in [9.17, 15) is 14.4 Å². The predicted molar refractivity (Wildman–Crippen MR) is 334 cm³/mol. The molecule has 0 heterocycles. The first-order chi connectivity index (χ1) is 38.0. The molecule has 0 aromatic heterocycles. The maximum absolute atomic E-state index is 12.8. The van der Waals surface area contributed by atoms with Gasteiger partial charge in [-0.25, -0.2) is 0 Å². The third kappa shape index (κ3) is 62.8. The van der Waals surface area contributed by atoms with Crippen LogP contribution in [-0.4, -0.2) is 37.2 Å². The minimum Gasteiger partial charge on any atom is -0.462 e. The van der Waals surface area contributed by atoms with Crippen LogP contribution < -0.4 is 0 Å². The van der Waals surface area contributed by atoms with Gasteiger partial charge in [0.25, 0.3) is 0 Å². The Hall–Kier alpha value is -3.93. The van der Waals surface area contributed by atoms with Crippen LogP contribution in [0.2, 0.25) is 0 Å². The molecule has 0 amide bonds. The van der Waals surface area contributed by atoms with Gasteiger partial charge in [0.1, 0.15) is 13.2 Å². The van der Waals surface area contributed by atoms with Crippen LogP contribution >= 0.6 is 0 Å². The molecule has 0 aliphatic heterocycles. The summed E-state index contributed by atoms with van der Waals surface area (Å²) in [5.41, 5.74) is 0. The molecule has 77 heavy (non-hydrogen) atoms. The van der Waals surface area contributed by atoms with Crippen LogP contribution in [0.1, 0.15) is 303 Å². The minimum absolute atomic E-state index is 0.0789. The van der Waals surface area contributed by atoms with Crippen molar-refractivity contribution in [1.29, 1.82) is 0 Å². The van der Waals surface area contributed by atoms with E-state index in [1.54, 1.807) is 0 Å². The molecule has 0 aromatic rings. The molecule has 1 unspecified atom stereocenters. The first kappa shape index (κ1) is 73.1. The molecule has 0 spiro atoms. The Balaban J connectivity index is 4.03. The summed E-state index contributed by atoms with van der Waals surface area (Å²) in [7, 11) is 0. The number of rotatable bonds is 58. The van der Waals surface area contributed by atoms with Gasteiger partial charge in [-0.1, -0.05) is 284 Å². The van der Waals surface area contributed by atoms with Crippen LogP contribution in [0.25, 0.3) is 0 Å². The maximum Gasteiger partial charge on any atom is 0.306 e. The molecule has 0 saturated carbocycles. The predicted octanol–water partition coefficient (Wildman–Crippen LogP) is 22.2. The van der Waals surface area contributed by atoms with Gasteiger partial charge in [-0.3, -0.25) is 14.4 Å². The van der Waals surface area contributed by atoms with Crippen molar-refractivity contribution in [3.63, 3.8) is 0 Å². The lowest BCUT2D eigenvalue weighted by Gasteiger charge is -2.18. The quantitative estimate of drug-likeness (QED) is 0.0261. The Labute approximate surface area is 476 Å². The van der Waals surface area contributed by atoms with Gasteiger partial charge in [0, 0.05) is 19.3 Å². The molecule has 0 radical (unpaired) electrons. The molecule has 0 aliphatic carbocycles. The summed E-state index contributed by atoms with van der Waals surface area (Å²) in [6, 6.07) is 0. The number of unbranched alkanes of at least 4 members (excludes halogenated alkanes) is 29. The fraction of sp³-hybridized carbons (Fsp3) is 0.704. The van der Waals surface area contributed by atoms with Crippen LogP contribution in [0.4, 0.5) is 0 Å². The monoisotopic (exact) mass is 1070 g/mol. The molecule has 0 bridgehead atoms. The zero-order chi connectivity index (χ0) is 55.7. The number of ether oxygens (including phenoxy) is 3. The topological polar surface area (TPSA) is 78.9 Å². The highest BCUT2D eigenvalue weighted by atomic mass is 16.6. The minimum atomic E-state index is -0.777. The SMILES string of the molecule is CC/C=C\C/C=C\C/C=C\C/C=C\C/C=C\C/C=C\C/C=C\C/C=C\CCCCCCCCCCCCC(=O)OCC(COC(=O)CCCCCCC)OC(=O)CCCCCCCCCCC/C=C\CCCCCCCC. The highest BCUT2D eigenvalue weighted by Crippen LogP contribution is 2.16. The Morgan fingerprint density at radius 2 is 0.506 bits per heavy atom. The fourth-order valence-electron chi connectivity index (χ4n) is 8.92. The lowest BCUT2D eigenvalue weighted by molar-refractivity contribution is -0.167. The summed E-state index contributed by atoms with van der Waals surface area (Å²) in [6.45, 7) is 6.45. The van der Waals surface area contributed by atoms with Crippen molar-refractivity contribution in [3.05, 3.63) is 109 Å². The van der Waals surface area contributed by atoms with Gasteiger partial charge in [0.05, 0.1) is 0 Å². The first-order valence-electron chi connectivity index (χ1n) is 32.4. The van der Waals surface area contributed by atoms with E-state index in [4.69, 9.17) is 14.2 Å². The molecule has 0 rings (SSSR count). The van der Waals surface area contributed by atoms with Crippen LogP contribution in [0.15, 0.2) is 109 Å². The summed E-state index contributed by atoms with van der Waals surface area (Å²) in [6.07, 6.45) is 88.6. The molecule has 0 fully saturated rings. The van der Waals surface area contributed by atoms with Gasteiger partial charge < -0.3 is 14.2 Å². The summed E-state index contributed by atoms with van der Waals surface area (Å²) >= 11 is 0. The number of carbonyl (C=O) groups excluding carboxylic acids is 3. The molecule has 0 aromatic carbocycles. The van der Waals surface area contributed by atoms with Crippen molar-refractivity contribution in [3.8, 4) is 0 Å². The van der Waals surface area contributed by atoms with E-state index in [-0.39, 0.29) is 31.1 Å². The van der Waals surface area contributed by atoms with Crippen molar-refractivity contribution >= 4 is 17.9 Å².